The highest BCUT2D eigenvalue weighted by atomic mass is 32.1. The fraction of sp³-hybridized carbons (Fsp3) is 0.500. The zero-order valence-corrected chi connectivity index (χ0v) is 15.0. The van der Waals surface area contributed by atoms with Gasteiger partial charge >= 0.3 is 0 Å². The summed E-state index contributed by atoms with van der Waals surface area (Å²) < 4.78 is 1.76. The molecule has 2 aromatic rings. The zero-order chi connectivity index (χ0) is 17.3. The molecular weight excluding hydrogens is 322 g/mol. The van der Waals surface area contributed by atoms with Crippen LogP contribution in [0, 0.1) is 4.77 Å². The molecular formula is C18H23N3O2S. The van der Waals surface area contributed by atoms with E-state index in [0.717, 1.165) is 12.8 Å². The number of nitrogens with one attached hydrogen (secondary N) is 1. The van der Waals surface area contributed by atoms with E-state index in [-0.39, 0.29) is 11.5 Å². The Bertz CT molecular complexity index is 876. The Labute approximate surface area is 146 Å². The van der Waals surface area contributed by atoms with Crippen molar-refractivity contribution < 1.29 is 4.79 Å². The van der Waals surface area contributed by atoms with E-state index in [1.807, 2.05) is 11.9 Å². The van der Waals surface area contributed by atoms with Gasteiger partial charge in [0.15, 0.2) is 4.77 Å². The average molecular weight is 345 g/mol. The number of rotatable bonds is 2. The molecule has 1 aromatic heterocycles. The molecule has 6 heteroatoms. The van der Waals surface area contributed by atoms with E-state index in [1.54, 1.807) is 25.2 Å². The van der Waals surface area contributed by atoms with Crippen molar-refractivity contribution in [3.8, 4) is 0 Å². The number of aromatic amines is 1. The van der Waals surface area contributed by atoms with Crippen molar-refractivity contribution in [1.29, 1.82) is 0 Å². The van der Waals surface area contributed by atoms with Gasteiger partial charge in [0.1, 0.15) is 0 Å². The lowest BCUT2D eigenvalue weighted by atomic mass is 10.1. The highest BCUT2D eigenvalue weighted by Crippen LogP contribution is 2.23. The summed E-state index contributed by atoms with van der Waals surface area (Å²) in [4.78, 5) is 30.0. The lowest BCUT2D eigenvalue weighted by molar-refractivity contribution is 0.0718. The minimum atomic E-state index is -0.148. The van der Waals surface area contributed by atoms with Gasteiger partial charge in [0.2, 0.25) is 0 Å². The third-order valence-corrected chi connectivity index (χ3v) is 5.42. The maximum atomic E-state index is 12.8. The van der Waals surface area contributed by atoms with Crippen LogP contribution in [0.5, 0.6) is 0 Å². The second kappa shape index (κ2) is 6.89. The summed E-state index contributed by atoms with van der Waals surface area (Å²) in [7, 11) is 3.52. The van der Waals surface area contributed by atoms with Gasteiger partial charge in [0, 0.05) is 25.7 Å². The number of amides is 1. The fourth-order valence-corrected chi connectivity index (χ4v) is 3.65. The Morgan fingerprint density at radius 1 is 1.25 bits per heavy atom. The highest BCUT2D eigenvalue weighted by Gasteiger charge is 2.22. The van der Waals surface area contributed by atoms with Crippen molar-refractivity contribution in [2.45, 2.75) is 44.6 Å². The Kier molecular flexibility index (Phi) is 4.85. The number of benzene rings is 1. The number of nitrogens with zero attached hydrogens (tertiary/aromatic N) is 2. The van der Waals surface area contributed by atoms with Crippen LogP contribution in [-0.2, 0) is 7.05 Å². The van der Waals surface area contributed by atoms with Crippen LogP contribution in [0.1, 0.15) is 48.9 Å². The number of fused-ring (bicyclic) bond motifs is 1. The maximum absolute atomic E-state index is 12.8. The molecule has 3 rings (SSSR count). The normalized spacial score (nSPS) is 16.1. The molecule has 1 amide bonds. The summed E-state index contributed by atoms with van der Waals surface area (Å²) in [6.07, 6.45) is 7.02. The second-order valence-electron chi connectivity index (χ2n) is 6.62. The Hall–Kier alpha value is -1.95. The van der Waals surface area contributed by atoms with E-state index in [0.29, 0.717) is 27.3 Å². The summed E-state index contributed by atoms with van der Waals surface area (Å²) >= 11 is 5.16. The molecule has 0 bridgehead atoms. The van der Waals surface area contributed by atoms with Crippen molar-refractivity contribution in [3.63, 3.8) is 0 Å². The van der Waals surface area contributed by atoms with Crippen LogP contribution in [0.15, 0.2) is 23.0 Å². The largest absolute Gasteiger partial charge is 0.339 e. The maximum Gasteiger partial charge on any atom is 0.261 e. The summed E-state index contributed by atoms with van der Waals surface area (Å²) in [6.45, 7) is 0. The highest BCUT2D eigenvalue weighted by molar-refractivity contribution is 7.71. The summed E-state index contributed by atoms with van der Waals surface area (Å²) in [5, 5.41) is 0.541. The van der Waals surface area contributed by atoms with Gasteiger partial charge in [-0.3, -0.25) is 14.2 Å². The van der Waals surface area contributed by atoms with Crippen molar-refractivity contribution >= 4 is 29.0 Å². The van der Waals surface area contributed by atoms with Crippen LogP contribution in [0.4, 0.5) is 0 Å². The third kappa shape index (κ3) is 3.15. The van der Waals surface area contributed by atoms with Crippen LogP contribution in [0.2, 0.25) is 0 Å². The summed E-state index contributed by atoms with van der Waals surface area (Å²) in [5.41, 5.74) is 1.06. The molecule has 1 aliphatic carbocycles. The molecule has 1 N–H and O–H groups in total. The number of hydrogen-bond donors (Lipinski definition) is 1. The monoisotopic (exact) mass is 345 g/mol. The van der Waals surface area contributed by atoms with Gasteiger partial charge in [-0.15, -0.1) is 0 Å². The van der Waals surface area contributed by atoms with Crippen LogP contribution in [0.25, 0.3) is 10.9 Å². The Morgan fingerprint density at radius 3 is 2.58 bits per heavy atom. The van der Waals surface area contributed by atoms with Crippen molar-refractivity contribution in [3.05, 3.63) is 38.9 Å². The van der Waals surface area contributed by atoms with Gasteiger partial charge in [0.05, 0.1) is 10.9 Å². The van der Waals surface area contributed by atoms with Crippen LogP contribution < -0.4 is 5.56 Å². The predicted octanol–water partition coefficient (Wildman–Crippen LogP) is 3.39. The molecule has 0 spiro atoms. The lowest BCUT2D eigenvalue weighted by Gasteiger charge is -2.27. The van der Waals surface area contributed by atoms with E-state index in [9.17, 15) is 9.59 Å². The minimum Gasteiger partial charge on any atom is -0.339 e. The molecule has 0 radical (unpaired) electrons. The van der Waals surface area contributed by atoms with E-state index >= 15 is 0 Å². The van der Waals surface area contributed by atoms with E-state index in [1.165, 1.54) is 30.3 Å². The summed E-state index contributed by atoms with van der Waals surface area (Å²) in [5.74, 6) is 0.00351. The van der Waals surface area contributed by atoms with Gasteiger partial charge in [-0.2, -0.15) is 0 Å². The molecule has 0 atom stereocenters. The molecule has 1 saturated carbocycles. The quantitative estimate of drug-likeness (QED) is 0.670. The first kappa shape index (κ1) is 16.9. The smallest absolute Gasteiger partial charge is 0.261 e. The van der Waals surface area contributed by atoms with Gasteiger partial charge < -0.3 is 9.88 Å². The molecule has 0 unspecified atom stereocenters. The molecule has 0 saturated heterocycles. The first-order chi connectivity index (χ1) is 11.5. The van der Waals surface area contributed by atoms with Gasteiger partial charge in [-0.1, -0.05) is 25.7 Å². The lowest BCUT2D eigenvalue weighted by Crippen LogP contribution is -2.36. The molecule has 1 aromatic carbocycles. The molecule has 1 heterocycles. The molecule has 1 fully saturated rings. The molecule has 24 heavy (non-hydrogen) atoms. The Balaban J connectivity index is 1.93. The number of hydrogen-bond acceptors (Lipinski definition) is 3. The van der Waals surface area contributed by atoms with Gasteiger partial charge in [-0.25, -0.2) is 0 Å². The topological polar surface area (TPSA) is 58.1 Å². The standard InChI is InChI=1S/C18H23N3O2S/c1-20(13-7-5-3-4-6-8-13)16(22)12-9-10-14-15(11-12)19-18(24)21(2)17(14)23/h9-11,13H,3-8H2,1-2H3,(H,19,24). The first-order valence-corrected chi connectivity index (χ1v) is 8.90. The average Bonchev–Trinajstić information content (AvgIpc) is 2.87. The van der Waals surface area contributed by atoms with Crippen LogP contribution in [-0.4, -0.2) is 33.4 Å². The van der Waals surface area contributed by atoms with Crippen molar-refractivity contribution in [1.82, 2.24) is 14.5 Å². The number of aromatic nitrogens is 2. The van der Waals surface area contributed by atoms with E-state index < -0.39 is 0 Å². The Morgan fingerprint density at radius 2 is 1.92 bits per heavy atom. The van der Waals surface area contributed by atoms with Crippen molar-refractivity contribution in [2.24, 2.45) is 7.05 Å². The van der Waals surface area contributed by atoms with Gasteiger partial charge in [-0.05, 0) is 43.3 Å². The number of H-pyrrole nitrogens is 1. The SMILES string of the molecule is CN(C(=O)c1ccc2c(=O)n(C)c(=S)[nH]c2c1)C1CCCCCC1. The molecule has 5 nitrogen and oxygen atoms in total. The first-order valence-electron chi connectivity index (χ1n) is 8.49. The van der Waals surface area contributed by atoms with E-state index in [4.69, 9.17) is 12.2 Å². The second-order valence-corrected chi connectivity index (χ2v) is 7.00. The molecule has 1 aliphatic rings. The van der Waals surface area contributed by atoms with Crippen LogP contribution >= 0.6 is 12.2 Å². The predicted molar refractivity (Wildman–Crippen MR) is 98.0 cm³/mol. The van der Waals surface area contributed by atoms with Gasteiger partial charge in [0.25, 0.3) is 11.5 Å². The minimum absolute atomic E-state index is 0.00351. The molecule has 0 aliphatic heterocycles. The number of carbonyl (C=O) groups is 1. The van der Waals surface area contributed by atoms with E-state index in [2.05, 4.69) is 4.98 Å². The van der Waals surface area contributed by atoms with Crippen LogP contribution in [0.3, 0.4) is 0 Å². The molecule has 128 valence electrons. The summed E-state index contributed by atoms with van der Waals surface area (Å²) in [6, 6.07) is 5.48. The third-order valence-electron chi connectivity index (χ3n) is 5.04. The number of carbonyl (C=O) groups excluding carboxylic acids is 1. The fourth-order valence-electron chi connectivity index (χ4n) is 3.45. The van der Waals surface area contributed by atoms with Crippen molar-refractivity contribution in [2.75, 3.05) is 7.05 Å². The zero-order valence-electron chi connectivity index (χ0n) is 14.2.